The minimum atomic E-state index is 0.618. The number of rotatable bonds is 3. The quantitative estimate of drug-likeness (QED) is 0.806. The average molecular weight is 279 g/mol. The van der Waals surface area contributed by atoms with Gasteiger partial charge < -0.3 is 9.55 Å². The third-order valence-corrected chi connectivity index (χ3v) is 4.72. The zero-order chi connectivity index (χ0) is 12.3. The number of hydrogen-bond acceptors (Lipinski definition) is 1. The fourth-order valence-corrected chi connectivity index (χ4v) is 3.58. The van der Waals surface area contributed by atoms with E-state index < -0.39 is 0 Å². The Kier molecular flexibility index (Phi) is 2.36. The van der Waals surface area contributed by atoms with Gasteiger partial charge in [-0.2, -0.15) is 0 Å². The lowest BCUT2D eigenvalue weighted by atomic mass is 10.1. The van der Waals surface area contributed by atoms with Crippen LogP contribution >= 0.6 is 23.8 Å². The Morgan fingerprint density at radius 2 is 1.89 bits per heavy atom. The number of halogens is 1. The highest BCUT2D eigenvalue weighted by molar-refractivity contribution is 7.71. The van der Waals surface area contributed by atoms with Crippen LogP contribution in [0, 0.1) is 16.6 Å². The van der Waals surface area contributed by atoms with Crippen LogP contribution in [-0.4, -0.2) is 9.55 Å². The topological polar surface area (TPSA) is 20.7 Å². The SMILES string of the molecule is S=c1[nH]c2cc(Cl)ccc2n1C(C1CC1)C1CC1. The zero-order valence-corrected chi connectivity index (χ0v) is 11.6. The molecule has 0 aliphatic heterocycles. The maximum Gasteiger partial charge on any atom is 0.178 e. The van der Waals surface area contributed by atoms with Gasteiger partial charge in [-0.3, -0.25) is 0 Å². The first-order chi connectivity index (χ1) is 8.74. The molecule has 2 aliphatic rings. The van der Waals surface area contributed by atoms with E-state index in [0.29, 0.717) is 6.04 Å². The molecule has 1 heterocycles. The van der Waals surface area contributed by atoms with Crippen LogP contribution in [0.25, 0.3) is 11.0 Å². The molecule has 2 aliphatic carbocycles. The minimum Gasteiger partial charge on any atom is -0.331 e. The first-order valence-corrected chi connectivity index (χ1v) is 7.42. The van der Waals surface area contributed by atoms with Gasteiger partial charge in [0.05, 0.1) is 11.0 Å². The molecule has 2 fully saturated rings. The highest BCUT2D eigenvalue weighted by Crippen LogP contribution is 2.52. The number of imidazole rings is 1. The Balaban J connectivity index is 1.92. The van der Waals surface area contributed by atoms with Gasteiger partial charge in [0.25, 0.3) is 0 Å². The molecule has 18 heavy (non-hydrogen) atoms. The summed E-state index contributed by atoms with van der Waals surface area (Å²) in [5.41, 5.74) is 2.28. The van der Waals surface area contributed by atoms with Crippen molar-refractivity contribution in [2.45, 2.75) is 31.7 Å². The summed E-state index contributed by atoms with van der Waals surface area (Å²) in [4.78, 5) is 3.31. The van der Waals surface area contributed by atoms with Gasteiger partial charge in [-0.25, -0.2) is 0 Å². The Morgan fingerprint density at radius 3 is 2.50 bits per heavy atom. The molecule has 1 N–H and O–H groups in total. The third-order valence-electron chi connectivity index (χ3n) is 4.19. The van der Waals surface area contributed by atoms with Crippen molar-refractivity contribution >= 4 is 34.9 Å². The summed E-state index contributed by atoms with van der Waals surface area (Å²) in [6.07, 6.45) is 5.46. The van der Waals surface area contributed by atoms with E-state index in [9.17, 15) is 0 Å². The molecule has 1 aromatic carbocycles. The summed E-state index contributed by atoms with van der Waals surface area (Å²) >= 11 is 11.6. The van der Waals surface area contributed by atoms with Gasteiger partial charge in [0.2, 0.25) is 0 Å². The summed E-state index contributed by atoms with van der Waals surface area (Å²) in [6.45, 7) is 0. The zero-order valence-electron chi connectivity index (χ0n) is 10.0. The van der Waals surface area contributed by atoms with E-state index in [4.69, 9.17) is 23.8 Å². The van der Waals surface area contributed by atoms with Crippen molar-refractivity contribution in [2.75, 3.05) is 0 Å². The molecule has 0 bridgehead atoms. The third kappa shape index (κ3) is 1.72. The molecule has 2 aromatic rings. The fourth-order valence-electron chi connectivity index (χ4n) is 3.08. The van der Waals surface area contributed by atoms with E-state index in [1.807, 2.05) is 12.1 Å². The van der Waals surface area contributed by atoms with E-state index in [-0.39, 0.29) is 0 Å². The lowest BCUT2D eigenvalue weighted by Crippen LogP contribution is -2.13. The average Bonchev–Trinajstić information content (AvgIpc) is 3.21. The number of hydrogen-bond donors (Lipinski definition) is 1. The van der Waals surface area contributed by atoms with E-state index >= 15 is 0 Å². The number of aromatic amines is 1. The van der Waals surface area contributed by atoms with Crippen LogP contribution in [0.15, 0.2) is 18.2 Å². The van der Waals surface area contributed by atoms with Crippen LogP contribution in [0.1, 0.15) is 31.7 Å². The van der Waals surface area contributed by atoms with Crippen molar-refractivity contribution in [3.8, 4) is 0 Å². The van der Waals surface area contributed by atoms with Gasteiger partial charge in [0.1, 0.15) is 0 Å². The van der Waals surface area contributed by atoms with Crippen molar-refractivity contribution in [2.24, 2.45) is 11.8 Å². The number of nitrogens with one attached hydrogen (secondary N) is 1. The van der Waals surface area contributed by atoms with Gasteiger partial charge in [-0.05, 0) is 67.9 Å². The first kappa shape index (κ1) is 11.1. The number of H-pyrrole nitrogens is 1. The van der Waals surface area contributed by atoms with Crippen LogP contribution in [0.2, 0.25) is 5.02 Å². The van der Waals surface area contributed by atoms with Crippen LogP contribution in [-0.2, 0) is 0 Å². The van der Waals surface area contributed by atoms with Crippen LogP contribution in [0.4, 0.5) is 0 Å². The first-order valence-electron chi connectivity index (χ1n) is 6.64. The van der Waals surface area contributed by atoms with E-state index in [1.54, 1.807) is 0 Å². The van der Waals surface area contributed by atoms with Gasteiger partial charge >= 0.3 is 0 Å². The molecule has 0 spiro atoms. The number of benzene rings is 1. The highest BCUT2D eigenvalue weighted by atomic mass is 35.5. The fraction of sp³-hybridized carbons (Fsp3) is 0.500. The molecule has 4 rings (SSSR count). The molecule has 4 heteroatoms. The predicted molar refractivity (Wildman–Crippen MR) is 76.6 cm³/mol. The lowest BCUT2D eigenvalue weighted by Gasteiger charge is -2.18. The molecule has 94 valence electrons. The Bertz CT molecular complexity index is 652. The van der Waals surface area contributed by atoms with Crippen molar-refractivity contribution < 1.29 is 0 Å². The summed E-state index contributed by atoms with van der Waals surface area (Å²) in [7, 11) is 0. The monoisotopic (exact) mass is 278 g/mol. The maximum absolute atomic E-state index is 6.05. The van der Waals surface area contributed by atoms with E-state index in [0.717, 1.165) is 27.1 Å². The number of aromatic nitrogens is 2. The van der Waals surface area contributed by atoms with Gasteiger partial charge in [0, 0.05) is 11.1 Å². The Morgan fingerprint density at radius 1 is 1.22 bits per heavy atom. The molecule has 0 saturated heterocycles. The summed E-state index contributed by atoms with van der Waals surface area (Å²) in [5, 5.41) is 0.764. The summed E-state index contributed by atoms with van der Waals surface area (Å²) in [6, 6.07) is 6.65. The normalized spacial score (nSPS) is 19.9. The second-order valence-electron chi connectivity index (χ2n) is 5.63. The maximum atomic E-state index is 6.05. The Hall–Kier alpha value is -0.800. The molecule has 0 amide bonds. The van der Waals surface area contributed by atoms with Crippen molar-refractivity contribution in [1.82, 2.24) is 9.55 Å². The highest BCUT2D eigenvalue weighted by Gasteiger charge is 2.43. The molecule has 1 aromatic heterocycles. The van der Waals surface area contributed by atoms with Gasteiger partial charge in [-0.1, -0.05) is 11.6 Å². The van der Waals surface area contributed by atoms with Gasteiger partial charge in [-0.15, -0.1) is 0 Å². The molecule has 2 nitrogen and oxygen atoms in total. The van der Waals surface area contributed by atoms with Crippen LogP contribution in [0.5, 0.6) is 0 Å². The van der Waals surface area contributed by atoms with E-state index in [2.05, 4.69) is 15.6 Å². The Labute approximate surface area is 116 Å². The van der Waals surface area contributed by atoms with Gasteiger partial charge in [0.15, 0.2) is 4.77 Å². The molecular formula is C14H15ClN2S. The second-order valence-corrected chi connectivity index (χ2v) is 6.45. The molecule has 0 atom stereocenters. The largest absolute Gasteiger partial charge is 0.331 e. The molecular weight excluding hydrogens is 264 g/mol. The number of nitrogens with zero attached hydrogens (tertiary/aromatic N) is 1. The van der Waals surface area contributed by atoms with Crippen LogP contribution < -0.4 is 0 Å². The van der Waals surface area contributed by atoms with Crippen LogP contribution in [0.3, 0.4) is 0 Å². The molecule has 0 unspecified atom stereocenters. The molecule has 0 radical (unpaired) electrons. The standard InChI is InChI=1S/C14H15ClN2S/c15-10-5-6-12-11(7-10)16-14(18)17(12)13(8-1-2-8)9-3-4-9/h5-9,13H,1-4H2,(H,16,18). The van der Waals surface area contributed by atoms with E-state index in [1.165, 1.54) is 31.2 Å². The van der Waals surface area contributed by atoms with Crippen molar-refractivity contribution in [3.05, 3.63) is 28.0 Å². The van der Waals surface area contributed by atoms with Crippen molar-refractivity contribution in [1.29, 1.82) is 0 Å². The second kappa shape index (κ2) is 3.84. The predicted octanol–water partition coefficient (Wildman–Crippen LogP) is 4.71. The summed E-state index contributed by atoms with van der Waals surface area (Å²) in [5.74, 6) is 1.69. The lowest BCUT2D eigenvalue weighted by molar-refractivity contribution is 0.400. The summed E-state index contributed by atoms with van der Waals surface area (Å²) < 4.78 is 3.21. The number of fused-ring (bicyclic) bond motifs is 1. The smallest absolute Gasteiger partial charge is 0.178 e. The van der Waals surface area contributed by atoms with Crippen molar-refractivity contribution in [3.63, 3.8) is 0 Å². The molecule has 2 saturated carbocycles. The minimum absolute atomic E-state index is 0.618.